The van der Waals surface area contributed by atoms with Crippen LogP contribution in [0.4, 0.5) is 18.9 Å². The number of carbonyl (C=O) groups is 1. The van der Waals surface area contributed by atoms with Crippen LogP contribution in [0.3, 0.4) is 0 Å². The number of amides is 1. The fraction of sp³-hybridized carbons (Fsp3) is 0.269. The van der Waals surface area contributed by atoms with Crippen molar-refractivity contribution in [3.05, 3.63) is 89.3 Å². The fourth-order valence-electron chi connectivity index (χ4n) is 4.53. The predicted octanol–water partition coefficient (Wildman–Crippen LogP) is 5.57. The second-order valence-electron chi connectivity index (χ2n) is 8.60. The van der Waals surface area contributed by atoms with Crippen LogP contribution < -0.4 is 4.90 Å². The molecule has 1 fully saturated rings. The van der Waals surface area contributed by atoms with Crippen molar-refractivity contribution in [1.29, 1.82) is 0 Å². The molecular weight excluding hydrogens is 443 g/mol. The summed E-state index contributed by atoms with van der Waals surface area (Å²) >= 11 is 0. The van der Waals surface area contributed by atoms with Gasteiger partial charge in [-0.1, -0.05) is 35.9 Å². The zero-order valence-corrected chi connectivity index (χ0v) is 18.7. The average Bonchev–Trinajstić information content (AvgIpc) is 3.41. The topological polar surface area (TPSA) is 41.6 Å². The van der Waals surface area contributed by atoms with E-state index in [-0.39, 0.29) is 5.91 Å². The smallest absolute Gasteiger partial charge is 0.416 e. The highest BCUT2D eigenvalue weighted by Gasteiger charge is 2.31. The third-order valence-electron chi connectivity index (χ3n) is 6.27. The summed E-state index contributed by atoms with van der Waals surface area (Å²) in [5.74, 6) is -0.109. The number of alkyl halides is 3. The van der Waals surface area contributed by atoms with Gasteiger partial charge in [-0.15, -0.1) is 0 Å². The number of halogens is 3. The van der Waals surface area contributed by atoms with Crippen LogP contribution in [0.2, 0.25) is 0 Å². The van der Waals surface area contributed by atoms with Crippen LogP contribution in [0.1, 0.15) is 27.2 Å². The summed E-state index contributed by atoms with van der Waals surface area (Å²) in [6.45, 7) is 4.33. The van der Waals surface area contributed by atoms with E-state index in [2.05, 4.69) is 6.07 Å². The summed E-state index contributed by atoms with van der Waals surface area (Å²) in [6.07, 6.45) is -2.77. The number of hydrogen-bond acceptors (Lipinski definition) is 3. The maximum absolute atomic E-state index is 13.5. The van der Waals surface area contributed by atoms with E-state index in [0.717, 1.165) is 22.7 Å². The van der Waals surface area contributed by atoms with Crippen LogP contribution in [0.15, 0.2) is 71.3 Å². The Kier molecular flexibility index (Phi) is 5.59. The van der Waals surface area contributed by atoms with Crippen LogP contribution in [-0.4, -0.2) is 41.6 Å². The largest absolute Gasteiger partial charge is 0.463 e. The number of furan rings is 1. The van der Waals surface area contributed by atoms with E-state index < -0.39 is 11.7 Å². The molecule has 0 atom stereocenters. The van der Waals surface area contributed by atoms with Crippen molar-refractivity contribution in [2.24, 2.45) is 0 Å². The van der Waals surface area contributed by atoms with Crippen molar-refractivity contribution in [2.75, 3.05) is 31.1 Å². The molecule has 2 aromatic heterocycles. The molecule has 0 saturated carbocycles. The monoisotopic (exact) mass is 467 g/mol. The number of aryl methyl sites for hydroxylation is 1. The van der Waals surface area contributed by atoms with E-state index in [1.165, 1.54) is 12.1 Å². The van der Waals surface area contributed by atoms with Gasteiger partial charge in [-0.05, 0) is 30.7 Å². The molecule has 1 saturated heterocycles. The molecular formula is C26H24F3N3O2. The molecule has 0 spiro atoms. The second-order valence-corrected chi connectivity index (χ2v) is 8.60. The first kappa shape index (κ1) is 22.1. The maximum Gasteiger partial charge on any atom is 0.416 e. The standard InChI is InChI=1S/C26H24F3N3O2/c1-18-4-2-5-19(14-18)17-32-22-8-13-34-24(22)16-23(32)25(33)31-11-9-30(10-12-31)21-7-3-6-20(15-21)26(27,28)29/h2-8,13-16H,9-12,17H2,1H3. The van der Waals surface area contributed by atoms with Crippen molar-refractivity contribution in [3.63, 3.8) is 0 Å². The number of hydrogen-bond donors (Lipinski definition) is 0. The molecule has 1 aliphatic rings. The van der Waals surface area contributed by atoms with Gasteiger partial charge >= 0.3 is 6.18 Å². The molecule has 34 heavy (non-hydrogen) atoms. The van der Waals surface area contributed by atoms with Gasteiger partial charge in [-0.2, -0.15) is 13.2 Å². The SMILES string of the molecule is Cc1cccc(Cn2c(C(=O)N3CCN(c4cccc(C(F)(F)F)c4)CC3)cc3occc32)c1. The number of piperazine rings is 1. The lowest BCUT2D eigenvalue weighted by Crippen LogP contribution is -2.49. The van der Waals surface area contributed by atoms with E-state index in [1.807, 2.05) is 40.7 Å². The van der Waals surface area contributed by atoms with Gasteiger partial charge in [0.2, 0.25) is 0 Å². The van der Waals surface area contributed by atoms with E-state index >= 15 is 0 Å². The molecule has 5 rings (SSSR count). The van der Waals surface area contributed by atoms with Gasteiger partial charge in [-0.25, -0.2) is 0 Å². The molecule has 1 amide bonds. The Morgan fingerprint density at radius 1 is 0.971 bits per heavy atom. The fourth-order valence-corrected chi connectivity index (χ4v) is 4.53. The lowest BCUT2D eigenvalue weighted by Gasteiger charge is -2.36. The molecule has 0 radical (unpaired) electrons. The summed E-state index contributed by atoms with van der Waals surface area (Å²) < 4.78 is 46.8. The lowest BCUT2D eigenvalue weighted by molar-refractivity contribution is -0.137. The highest BCUT2D eigenvalue weighted by Crippen LogP contribution is 2.32. The van der Waals surface area contributed by atoms with Gasteiger partial charge in [0.05, 0.1) is 17.3 Å². The Morgan fingerprint density at radius 2 is 1.74 bits per heavy atom. The first-order chi connectivity index (χ1) is 16.3. The molecule has 2 aromatic carbocycles. The third kappa shape index (κ3) is 4.27. The summed E-state index contributed by atoms with van der Waals surface area (Å²) in [6, 6.07) is 17.1. The van der Waals surface area contributed by atoms with Crippen LogP contribution in [0, 0.1) is 6.92 Å². The van der Waals surface area contributed by atoms with Crippen molar-refractivity contribution in [3.8, 4) is 0 Å². The van der Waals surface area contributed by atoms with Gasteiger partial charge in [0.25, 0.3) is 5.91 Å². The van der Waals surface area contributed by atoms with Crippen molar-refractivity contribution >= 4 is 22.7 Å². The predicted molar refractivity (Wildman–Crippen MR) is 124 cm³/mol. The number of anilines is 1. The maximum atomic E-state index is 13.5. The van der Waals surface area contributed by atoms with Crippen LogP contribution in [0.5, 0.6) is 0 Å². The molecule has 0 aliphatic carbocycles. The van der Waals surface area contributed by atoms with Gasteiger partial charge in [0.1, 0.15) is 5.69 Å². The Labute approximate surface area is 195 Å². The first-order valence-electron chi connectivity index (χ1n) is 11.1. The lowest BCUT2D eigenvalue weighted by atomic mass is 10.1. The Balaban J connectivity index is 1.34. The van der Waals surface area contributed by atoms with Gasteiger partial charge < -0.3 is 18.8 Å². The Hall–Kier alpha value is -3.68. The zero-order valence-electron chi connectivity index (χ0n) is 18.7. The molecule has 8 heteroatoms. The zero-order chi connectivity index (χ0) is 23.9. The van der Waals surface area contributed by atoms with E-state index in [0.29, 0.717) is 49.7 Å². The second kappa shape index (κ2) is 8.59. The molecule has 176 valence electrons. The number of carbonyl (C=O) groups excluding carboxylic acids is 1. The minimum Gasteiger partial charge on any atom is -0.463 e. The number of nitrogens with zero attached hydrogens (tertiary/aromatic N) is 3. The highest BCUT2D eigenvalue weighted by molar-refractivity contribution is 5.97. The summed E-state index contributed by atoms with van der Waals surface area (Å²) in [4.78, 5) is 17.1. The van der Waals surface area contributed by atoms with Crippen molar-refractivity contribution in [1.82, 2.24) is 9.47 Å². The molecule has 3 heterocycles. The molecule has 1 aliphatic heterocycles. The minimum atomic E-state index is -4.38. The first-order valence-corrected chi connectivity index (χ1v) is 11.1. The van der Waals surface area contributed by atoms with Crippen LogP contribution in [-0.2, 0) is 12.7 Å². The number of rotatable bonds is 4. The quantitative estimate of drug-likeness (QED) is 0.394. The summed E-state index contributed by atoms with van der Waals surface area (Å²) in [5.41, 5.74) is 4.13. The minimum absolute atomic E-state index is 0.109. The average molecular weight is 467 g/mol. The number of benzene rings is 2. The Morgan fingerprint density at radius 3 is 2.47 bits per heavy atom. The molecule has 0 bridgehead atoms. The van der Waals surface area contributed by atoms with E-state index in [9.17, 15) is 18.0 Å². The molecule has 0 unspecified atom stereocenters. The third-order valence-corrected chi connectivity index (χ3v) is 6.27. The van der Waals surface area contributed by atoms with Crippen LogP contribution in [0.25, 0.3) is 11.1 Å². The number of fused-ring (bicyclic) bond motifs is 1. The molecule has 5 nitrogen and oxygen atoms in total. The van der Waals surface area contributed by atoms with E-state index in [1.54, 1.807) is 23.3 Å². The van der Waals surface area contributed by atoms with E-state index in [4.69, 9.17) is 4.42 Å². The molecule has 4 aromatic rings. The van der Waals surface area contributed by atoms with Crippen LogP contribution >= 0.6 is 0 Å². The van der Waals surface area contributed by atoms with Crippen molar-refractivity contribution < 1.29 is 22.4 Å². The van der Waals surface area contributed by atoms with Gasteiger partial charge in [-0.3, -0.25) is 4.79 Å². The van der Waals surface area contributed by atoms with Crippen molar-refractivity contribution in [2.45, 2.75) is 19.6 Å². The normalized spacial score (nSPS) is 14.7. The molecule has 0 N–H and O–H groups in total. The summed E-state index contributed by atoms with van der Waals surface area (Å²) in [5, 5.41) is 0. The number of aromatic nitrogens is 1. The Bertz CT molecular complexity index is 1330. The van der Waals surface area contributed by atoms with Gasteiger partial charge in [0.15, 0.2) is 5.58 Å². The summed E-state index contributed by atoms with van der Waals surface area (Å²) in [7, 11) is 0. The van der Waals surface area contributed by atoms with Gasteiger partial charge in [0, 0.05) is 50.5 Å². The highest BCUT2D eigenvalue weighted by atomic mass is 19.4.